The smallest absolute Gasteiger partial charge is 0.274 e. The van der Waals surface area contributed by atoms with Crippen LogP contribution in [0.3, 0.4) is 0 Å². The zero-order chi connectivity index (χ0) is 14.7. The standard InChI is InChI=1S/C13H10BrF2N3O/c1-17-7-2-3-11(18-6-7)13(20)19-12-4-8(14)9(15)5-10(12)16/h2-6,17H,1H3,(H,19,20). The van der Waals surface area contributed by atoms with Crippen LogP contribution < -0.4 is 10.6 Å². The van der Waals surface area contributed by atoms with Crippen molar-refractivity contribution in [3.8, 4) is 0 Å². The third kappa shape index (κ3) is 3.11. The summed E-state index contributed by atoms with van der Waals surface area (Å²) in [6.45, 7) is 0. The first-order chi connectivity index (χ1) is 9.51. The Morgan fingerprint density at radius 1 is 1.25 bits per heavy atom. The Morgan fingerprint density at radius 2 is 2.00 bits per heavy atom. The van der Waals surface area contributed by atoms with E-state index >= 15 is 0 Å². The van der Waals surface area contributed by atoms with Gasteiger partial charge in [0.1, 0.15) is 17.3 Å². The van der Waals surface area contributed by atoms with Crippen LogP contribution in [0, 0.1) is 11.6 Å². The minimum Gasteiger partial charge on any atom is -0.387 e. The van der Waals surface area contributed by atoms with Crippen molar-refractivity contribution in [3.63, 3.8) is 0 Å². The van der Waals surface area contributed by atoms with E-state index in [1.807, 2.05) is 0 Å². The second kappa shape index (κ2) is 5.96. The molecule has 4 nitrogen and oxygen atoms in total. The number of hydrogen-bond donors (Lipinski definition) is 2. The van der Waals surface area contributed by atoms with E-state index in [2.05, 4.69) is 31.5 Å². The Hall–Kier alpha value is -2.02. The number of halogens is 3. The highest BCUT2D eigenvalue weighted by molar-refractivity contribution is 9.10. The van der Waals surface area contributed by atoms with Gasteiger partial charge in [-0.15, -0.1) is 0 Å². The van der Waals surface area contributed by atoms with Crippen LogP contribution in [-0.2, 0) is 0 Å². The van der Waals surface area contributed by atoms with Crippen LogP contribution in [0.5, 0.6) is 0 Å². The molecule has 0 saturated heterocycles. The molecular formula is C13H10BrF2N3O. The minimum atomic E-state index is -0.856. The number of carbonyl (C=O) groups is 1. The first-order valence-electron chi connectivity index (χ1n) is 5.61. The van der Waals surface area contributed by atoms with Crippen molar-refractivity contribution in [1.82, 2.24) is 4.98 Å². The number of hydrogen-bond acceptors (Lipinski definition) is 3. The van der Waals surface area contributed by atoms with Gasteiger partial charge in [-0.3, -0.25) is 4.79 Å². The summed E-state index contributed by atoms with van der Waals surface area (Å²) < 4.78 is 26.7. The van der Waals surface area contributed by atoms with Crippen molar-refractivity contribution in [3.05, 3.63) is 52.3 Å². The number of rotatable bonds is 3. The third-order valence-electron chi connectivity index (χ3n) is 2.54. The van der Waals surface area contributed by atoms with Crippen LogP contribution in [0.2, 0.25) is 0 Å². The third-order valence-corrected chi connectivity index (χ3v) is 3.15. The summed E-state index contributed by atoms with van der Waals surface area (Å²) in [5.41, 5.74) is 0.754. The molecule has 0 saturated carbocycles. The molecule has 0 fully saturated rings. The minimum absolute atomic E-state index is 0.0627. The van der Waals surface area contributed by atoms with E-state index in [-0.39, 0.29) is 15.9 Å². The number of nitrogens with one attached hydrogen (secondary N) is 2. The maximum atomic E-state index is 13.5. The van der Waals surface area contributed by atoms with Gasteiger partial charge < -0.3 is 10.6 Å². The number of nitrogens with zero attached hydrogens (tertiary/aromatic N) is 1. The average Bonchev–Trinajstić information content (AvgIpc) is 2.44. The average molecular weight is 342 g/mol. The van der Waals surface area contributed by atoms with Crippen LogP contribution in [-0.4, -0.2) is 17.9 Å². The topological polar surface area (TPSA) is 54.0 Å². The van der Waals surface area contributed by atoms with Crippen LogP contribution >= 0.6 is 15.9 Å². The van der Waals surface area contributed by atoms with E-state index in [9.17, 15) is 13.6 Å². The van der Waals surface area contributed by atoms with Gasteiger partial charge in [-0.2, -0.15) is 0 Å². The van der Waals surface area contributed by atoms with Crippen molar-refractivity contribution < 1.29 is 13.6 Å². The molecule has 0 bridgehead atoms. The lowest BCUT2D eigenvalue weighted by Crippen LogP contribution is -2.14. The SMILES string of the molecule is CNc1ccc(C(=O)Nc2cc(Br)c(F)cc2F)nc1. The maximum Gasteiger partial charge on any atom is 0.274 e. The predicted molar refractivity (Wildman–Crippen MR) is 75.8 cm³/mol. The molecule has 0 aliphatic rings. The molecule has 0 radical (unpaired) electrons. The maximum absolute atomic E-state index is 13.5. The van der Waals surface area contributed by atoms with Gasteiger partial charge in [0.15, 0.2) is 0 Å². The molecule has 0 aliphatic carbocycles. The molecule has 0 unspecified atom stereocenters. The summed E-state index contributed by atoms with van der Waals surface area (Å²) in [7, 11) is 1.72. The van der Waals surface area contributed by atoms with Crippen LogP contribution in [0.4, 0.5) is 20.2 Å². The Bertz CT molecular complexity index is 647. The predicted octanol–water partition coefficient (Wildman–Crippen LogP) is 3.42. The summed E-state index contributed by atoms with van der Waals surface area (Å²) in [4.78, 5) is 15.8. The second-order valence-electron chi connectivity index (χ2n) is 3.88. The molecule has 2 rings (SSSR count). The van der Waals surface area contributed by atoms with E-state index in [1.165, 1.54) is 12.3 Å². The number of benzene rings is 1. The zero-order valence-corrected chi connectivity index (χ0v) is 12.0. The Labute approximate surface area is 122 Å². The van der Waals surface area contributed by atoms with Gasteiger partial charge in [0, 0.05) is 13.1 Å². The number of amides is 1. The van der Waals surface area contributed by atoms with Crippen LogP contribution in [0.15, 0.2) is 34.9 Å². The van der Waals surface area contributed by atoms with E-state index in [0.29, 0.717) is 6.07 Å². The van der Waals surface area contributed by atoms with Crippen LogP contribution in [0.1, 0.15) is 10.5 Å². The fourth-order valence-electron chi connectivity index (χ4n) is 1.48. The summed E-state index contributed by atoms with van der Waals surface area (Å²) in [6.07, 6.45) is 1.48. The Balaban J connectivity index is 2.20. The first-order valence-corrected chi connectivity index (χ1v) is 6.40. The normalized spacial score (nSPS) is 10.2. The highest BCUT2D eigenvalue weighted by Crippen LogP contribution is 2.24. The molecule has 1 heterocycles. The number of anilines is 2. The summed E-state index contributed by atoms with van der Waals surface area (Å²) in [5.74, 6) is -2.17. The molecule has 104 valence electrons. The lowest BCUT2D eigenvalue weighted by molar-refractivity contribution is 0.102. The second-order valence-corrected chi connectivity index (χ2v) is 4.74. The van der Waals surface area contributed by atoms with Crippen molar-refractivity contribution in [2.75, 3.05) is 17.7 Å². The Morgan fingerprint density at radius 3 is 2.60 bits per heavy atom. The van der Waals surface area contributed by atoms with Crippen molar-refractivity contribution in [2.24, 2.45) is 0 Å². The van der Waals surface area contributed by atoms with Gasteiger partial charge in [0.05, 0.1) is 22.0 Å². The summed E-state index contributed by atoms with van der Waals surface area (Å²) in [6, 6.07) is 5.01. The zero-order valence-electron chi connectivity index (χ0n) is 10.4. The molecule has 0 spiro atoms. The van der Waals surface area contributed by atoms with Crippen LogP contribution in [0.25, 0.3) is 0 Å². The highest BCUT2D eigenvalue weighted by Gasteiger charge is 2.13. The van der Waals surface area contributed by atoms with Gasteiger partial charge >= 0.3 is 0 Å². The van der Waals surface area contributed by atoms with Gasteiger partial charge in [0.2, 0.25) is 0 Å². The first kappa shape index (κ1) is 14.4. The van der Waals surface area contributed by atoms with Gasteiger partial charge in [-0.1, -0.05) is 0 Å². The van der Waals surface area contributed by atoms with Gasteiger partial charge in [-0.25, -0.2) is 13.8 Å². The van der Waals surface area contributed by atoms with E-state index in [0.717, 1.165) is 11.8 Å². The summed E-state index contributed by atoms with van der Waals surface area (Å²) in [5, 5.41) is 5.20. The van der Waals surface area contributed by atoms with Crippen molar-refractivity contribution in [2.45, 2.75) is 0 Å². The van der Waals surface area contributed by atoms with E-state index in [4.69, 9.17) is 0 Å². The van der Waals surface area contributed by atoms with E-state index < -0.39 is 17.5 Å². The molecule has 2 aromatic rings. The molecule has 20 heavy (non-hydrogen) atoms. The number of pyridine rings is 1. The molecule has 0 aliphatic heterocycles. The highest BCUT2D eigenvalue weighted by atomic mass is 79.9. The molecule has 1 aromatic carbocycles. The Kier molecular flexibility index (Phi) is 4.29. The molecule has 0 atom stereocenters. The summed E-state index contributed by atoms with van der Waals surface area (Å²) >= 11 is 2.93. The molecule has 1 amide bonds. The van der Waals surface area contributed by atoms with E-state index in [1.54, 1.807) is 13.1 Å². The lowest BCUT2D eigenvalue weighted by Gasteiger charge is -2.07. The fourth-order valence-corrected chi connectivity index (χ4v) is 1.82. The van der Waals surface area contributed by atoms with Gasteiger partial charge in [-0.05, 0) is 34.1 Å². The number of aromatic nitrogens is 1. The molecular weight excluding hydrogens is 332 g/mol. The monoisotopic (exact) mass is 341 g/mol. The largest absolute Gasteiger partial charge is 0.387 e. The quantitative estimate of drug-likeness (QED) is 0.841. The van der Waals surface area contributed by atoms with Crippen molar-refractivity contribution >= 4 is 33.2 Å². The molecule has 7 heteroatoms. The lowest BCUT2D eigenvalue weighted by atomic mass is 10.2. The fraction of sp³-hybridized carbons (Fsp3) is 0.0769. The van der Waals surface area contributed by atoms with Crippen molar-refractivity contribution in [1.29, 1.82) is 0 Å². The molecule has 1 aromatic heterocycles. The van der Waals surface area contributed by atoms with Gasteiger partial charge in [0.25, 0.3) is 5.91 Å². The molecule has 2 N–H and O–H groups in total. The number of carbonyl (C=O) groups excluding carboxylic acids is 1.